The Bertz CT molecular complexity index is 1580. The van der Waals surface area contributed by atoms with E-state index in [2.05, 4.69) is 58.9 Å². The van der Waals surface area contributed by atoms with Gasteiger partial charge in [-0.05, 0) is 45.4 Å². The average molecular weight is 501 g/mol. The lowest BCUT2D eigenvalue weighted by Gasteiger charge is -2.47. The third kappa shape index (κ3) is 4.29. The van der Waals surface area contributed by atoms with E-state index in [-0.39, 0.29) is 30.2 Å². The zero-order valence-corrected chi connectivity index (χ0v) is 22.1. The van der Waals surface area contributed by atoms with Crippen molar-refractivity contribution in [1.82, 2.24) is 29.2 Å². The fourth-order valence-corrected chi connectivity index (χ4v) is 5.43. The summed E-state index contributed by atoms with van der Waals surface area (Å²) in [6.45, 7) is 10.2. The van der Waals surface area contributed by atoms with Crippen LogP contribution in [-0.4, -0.2) is 61.5 Å². The van der Waals surface area contributed by atoms with Gasteiger partial charge in [0.15, 0.2) is 0 Å². The minimum atomic E-state index is -0.0844. The van der Waals surface area contributed by atoms with E-state index in [9.17, 15) is 4.79 Å². The quantitative estimate of drug-likeness (QED) is 0.411. The van der Waals surface area contributed by atoms with Gasteiger partial charge in [-0.2, -0.15) is 10.4 Å². The topological polar surface area (TPSA) is 105 Å². The number of piperazine rings is 1. The molecule has 1 unspecified atom stereocenters. The number of methoxy groups -OCH3 is 1. The number of aryl methyl sites for hydroxylation is 2. The van der Waals surface area contributed by atoms with Crippen molar-refractivity contribution in [3.05, 3.63) is 52.1 Å². The largest absolute Gasteiger partial charge is 0.480 e. The molecule has 1 saturated heterocycles. The van der Waals surface area contributed by atoms with Crippen LogP contribution in [0.15, 0.2) is 35.3 Å². The van der Waals surface area contributed by atoms with E-state index < -0.39 is 0 Å². The highest BCUT2D eigenvalue weighted by Gasteiger charge is 2.34. The lowest BCUT2D eigenvalue weighted by atomic mass is 9.99. The Kier molecular flexibility index (Phi) is 6.33. The highest BCUT2D eigenvalue weighted by Crippen LogP contribution is 2.33. The van der Waals surface area contributed by atoms with E-state index in [1.807, 2.05) is 13.0 Å². The molecule has 0 radical (unpaired) electrons. The molecule has 10 nitrogen and oxygen atoms in total. The number of fused-ring (bicyclic) bond motifs is 2. The number of nitrogens with zero attached hydrogens (tertiary/aromatic N) is 8. The van der Waals surface area contributed by atoms with E-state index in [0.717, 1.165) is 46.5 Å². The van der Waals surface area contributed by atoms with Crippen LogP contribution >= 0.6 is 0 Å². The Hall–Kier alpha value is -3.97. The molecule has 1 fully saturated rings. The summed E-state index contributed by atoms with van der Waals surface area (Å²) < 4.78 is 8.51. The van der Waals surface area contributed by atoms with Crippen LogP contribution in [0, 0.1) is 18.3 Å². The molecule has 4 aromatic rings. The summed E-state index contributed by atoms with van der Waals surface area (Å²) in [5.41, 5.74) is 5.85. The Morgan fingerprint density at radius 2 is 1.95 bits per heavy atom. The summed E-state index contributed by atoms with van der Waals surface area (Å²) in [7, 11) is 3.35. The lowest BCUT2D eigenvalue weighted by Crippen LogP contribution is -2.57. The standard InChI is InChI=1S/C27H32N8O2/c1-16-14-35(23-12-25(36)32(5)24-15-33(10-9-28)31-26(23)24)17(2)13-34(16)19(4)20-7-8-21-22(11-20)29-18(3)27(30-21)37-6/h7-8,11-12,15-17,19H,10,13-14H2,1-6H3/t16-,17+,19?/m1/s1. The van der Waals surface area contributed by atoms with E-state index >= 15 is 0 Å². The minimum absolute atomic E-state index is 0.0844. The number of anilines is 1. The number of benzene rings is 1. The van der Waals surface area contributed by atoms with Gasteiger partial charge in [0.2, 0.25) is 5.88 Å². The second kappa shape index (κ2) is 9.48. The van der Waals surface area contributed by atoms with Crippen LogP contribution in [0.25, 0.3) is 22.1 Å². The van der Waals surface area contributed by atoms with Crippen molar-refractivity contribution in [3.8, 4) is 11.9 Å². The molecule has 0 amide bonds. The minimum Gasteiger partial charge on any atom is -0.480 e. The van der Waals surface area contributed by atoms with Crippen molar-refractivity contribution >= 4 is 27.8 Å². The van der Waals surface area contributed by atoms with E-state index in [1.54, 1.807) is 35.7 Å². The first kappa shape index (κ1) is 24.7. The molecule has 3 aromatic heterocycles. The van der Waals surface area contributed by atoms with Gasteiger partial charge in [0, 0.05) is 44.3 Å². The smallest absolute Gasteiger partial charge is 0.252 e. The molecule has 1 aromatic carbocycles. The van der Waals surface area contributed by atoms with E-state index in [1.165, 1.54) is 5.56 Å². The molecule has 1 aliphatic rings. The molecule has 0 N–H and O–H groups in total. The SMILES string of the molecule is COc1nc2ccc(C(C)N3C[C@H](C)N(c4cc(=O)n(C)c5cn(CC#N)nc45)C[C@H]3C)cc2nc1C. The van der Waals surface area contributed by atoms with E-state index in [0.29, 0.717) is 5.88 Å². The Morgan fingerprint density at radius 1 is 1.16 bits per heavy atom. The van der Waals surface area contributed by atoms with Gasteiger partial charge >= 0.3 is 0 Å². The molecule has 37 heavy (non-hydrogen) atoms. The molecular weight excluding hydrogens is 468 g/mol. The van der Waals surface area contributed by atoms with Gasteiger partial charge in [-0.3, -0.25) is 14.4 Å². The fraction of sp³-hybridized carbons (Fsp3) is 0.444. The van der Waals surface area contributed by atoms with Gasteiger partial charge in [-0.15, -0.1) is 0 Å². The number of hydrogen-bond acceptors (Lipinski definition) is 8. The lowest BCUT2D eigenvalue weighted by molar-refractivity contribution is 0.119. The molecular formula is C27H32N8O2. The first-order valence-corrected chi connectivity index (χ1v) is 12.5. The Morgan fingerprint density at radius 3 is 2.68 bits per heavy atom. The van der Waals surface area contributed by atoms with Crippen LogP contribution in [0.1, 0.15) is 38.1 Å². The third-order valence-electron chi connectivity index (χ3n) is 7.51. The summed E-state index contributed by atoms with van der Waals surface area (Å²) in [4.78, 5) is 26.8. The van der Waals surface area contributed by atoms with Crippen molar-refractivity contribution < 1.29 is 4.74 Å². The summed E-state index contributed by atoms with van der Waals surface area (Å²) in [5, 5.41) is 13.8. The Labute approximate surface area is 215 Å². The maximum Gasteiger partial charge on any atom is 0.252 e. The predicted molar refractivity (Wildman–Crippen MR) is 143 cm³/mol. The molecule has 10 heteroatoms. The normalized spacial score (nSPS) is 19.3. The predicted octanol–water partition coefficient (Wildman–Crippen LogP) is 3.18. The highest BCUT2D eigenvalue weighted by molar-refractivity contribution is 5.88. The van der Waals surface area contributed by atoms with Gasteiger partial charge in [0.25, 0.3) is 5.56 Å². The molecule has 4 heterocycles. The van der Waals surface area contributed by atoms with Crippen LogP contribution < -0.4 is 15.2 Å². The molecule has 192 valence electrons. The second-order valence-electron chi connectivity index (χ2n) is 9.94. The second-order valence-corrected chi connectivity index (χ2v) is 9.94. The van der Waals surface area contributed by atoms with Crippen LogP contribution in [0.2, 0.25) is 0 Å². The van der Waals surface area contributed by atoms with Crippen LogP contribution in [0.4, 0.5) is 5.69 Å². The van der Waals surface area contributed by atoms with Crippen molar-refractivity contribution in [2.75, 3.05) is 25.1 Å². The number of aromatic nitrogens is 5. The molecule has 0 saturated carbocycles. The van der Waals surface area contributed by atoms with Crippen LogP contribution in [0.5, 0.6) is 5.88 Å². The van der Waals surface area contributed by atoms with Crippen molar-refractivity contribution in [2.24, 2.45) is 7.05 Å². The molecule has 5 rings (SSSR count). The van der Waals surface area contributed by atoms with Crippen LogP contribution in [0.3, 0.4) is 0 Å². The van der Waals surface area contributed by atoms with Gasteiger partial charge < -0.3 is 14.2 Å². The highest BCUT2D eigenvalue weighted by atomic mass is 16.5. The fourth-order valence-electron chi connectivity index (χ4n) is 5.43. The maximum absolute atomic E-state index is 12.8. The summed E-state index contributed by atoms with van der Waals surface area (Å²) in [6, 6.07) is 10.6. The first-order chi connectivity index (χ1) is 17.7. The zero-order valence-electron chi connectivity index (χ0n) is 22.1. The van der Waals surface area contributed by atoms with Gasteiger partial charge in [-0.1, -0.05) is 6.07 Å². The number of ether oxygens (including phenoxy) is 1. The number of hydrogen-bond donors (Lipinski definition) is 0. The average Bonchev–Trinajstić information content (AvgIpc) is 3.30. The molecule has 0 spiro atoms. The number of nitriles is 1. The number of rotatable bonds is 5. The van der Waals surface area contributed by atoms with Crippen LogP contribution in [-0.2, 0) is 13.6 Å². The molecule has 0 bridgehead atoms. The summed E-state index contributed by atoms with van der Waals surface area (Å²) >= 11 is 0. The van der Waals surface area contributed by atoms with Crippen molar-refractivity contribution in [1.29, 1.82) is 5.26 Å². The summed E-state index contributed by atoms with van der Waals surface area (Å²) in [6.07, 6.45) is 1.77. The maximum atomic E-state index is 12.8. The number of pyridine rings is 1. The molecule has 0 aliphatic carbocycles. The van der Waals surface area contributed by atoms with Gasteiger partial charge in [0.05, 0.1) is 41.6 Å². The van der Waals surface area contributed by atoms with Gasteiger partial charge in [-0.25, -0.2) is 9.97 Å². The molecule has 1 aliphatic heterocycles. The van der Waals surface area contributed by atoms with Crippen molar-refractivity contribution in [2.45, 2.75) is 52.4 Å². The first-order valence-electron chi connectivity index (χ1n) is 12.5. The Balaban J connectivity index is 1.44. The van der Waals surface area contributed by atoms with Gasteiger partial charge in [0.1, 0.15) is 17.8 Å². The third-order valence-corrected chi connectivity index (χ3v) is 7.51. The summed E-state index contributed by atoms with van der Waals surface area (Å²) in [5.74, 6) is 0.550. The van der Waals surface area contributed by atoms with Crippen molar-refractivity contribution in [3.63, 3.8) is 0 Å². The monoisotopic (exact) mass is 500 g/mol. The molecule has 3 atom stereocenters. The zero-order chi connectivity index (χ0) is 26.4. The van der Waals surface area contributed by atoms with E-state index in [4.69, 9.17) is 15.0 Å².